The van der Waals surface area contributed by atoms with Crippen LogP contribution in [0.25, 0.3) is 0 Å². The monoisotopic (exact) mass is 365 g/mol. The number of hydrogen-bond acceptors (Lipinski definition) is 5. The zero-order valence-corrected chi connectivity index (χ0v) is 15.6. The SMILES string of the molecule is CC1=C(C(=O)Nc2cccc(C)c2)C(c2sccc2C)n2ncnc2N1. The van der Waals surface area contributed by atoms with Crippen molar-refractivity contribution in [1.82, 2.24) is 14.8 Å². The average molecular weight is 365 g/mol. The second-order valence-corrected chi connectivity index (χ2v) is 7.33. The summed E-state index contributed by atoms with van der Waals surface area (Å²) in [5.74, 6) is 0.506. The molecule has 1 atom stereocenters. The van der Waals surface area contributed by atoms with E-state index in [2.05, 4.69) is 33.7 Å². The smallest absolute Gasteiger partial charge is 0.255 e. The van der Waals surface area contributed by atoms with Gasteiger partial charge in [-0.05, 0) is 55.5 Å². The van der Waals surface area contributed by atoms with E-state index in [9.17, 15) is 4.79 Å². The molecule has 1 aliphatic rings. The zero-order valence-electron chi connectivity index (χ0n) is 14.8. The minimum atomic E-state index is -0.293. The number of aryl methyl sites for hydroxylation is 2. The highest BCUT2D eigenvalue weighted by molar-refractivity contribution is 7.10. The summed E-state index contributed by atoms with van der Waals surface area (Å²) in [5.41, 5.74) is 4.45. The number of aromatic nitrogens is 3. The van der Waals surface area contributed by atoms with Crippen molar-refractivity contribution in [2.45, 2.75) is 26.8 Å². The summed E-state index contributed by atoms with van der Waals surface area (Å²) in [6.07, 6.45) is 1.51. The van der Waals surface area contributed by atoms with E-state index in [4.69, 9.17) is 0 Å². The molecule has 0 aliphatic carbocycles. The van der Waals surface area contributed by atoms with Gasteiger partial charge in [0.1, 0.15) is 12.4 Å². The molecule has 0 radical (unpaired) electrons. The van der Waals surface area contributed by atoms with E-state index in [1.54, 1.807) is 16.0 Å². The normalized spacial score (nSPS) is 16.2. The van der Waals surface area contributed by atoms with Crippen LogP contribution in [0.4, 0.5) is 11.6 Å². The molecule has 0 bridgehead atoms. The number of nitrogens with one attached hydrogen (secondary N) is 2. The van der Waals surface area contributed by atoms with Crippen molar-refractivity contribution in [3.05, 3.63) is 69.3 Å². The van der Waals surface area contributed by atoms with Gasteiger partial charge >= 0.3 is 0 Å². The maximum Gasteiger partial charge on any atom is 0.255 e. The standard InChI is InChI=1S/C19H19N5OS/c1-11-5-4-6-14(9-11)23-18(25)15-13(3)22-19-20-10-21-24(19)16(15)17-12(2)7-8-26-17/h4-10,16H,1-3H3,(H,23,25)(H,20,21,22). The number of anilines is 2. The number of thiophene rings is 1. The number of amides is 1. The Morgan fingerprint density at radius 3 is 2.85 bits per heavy atom. The van der Waals surface area contributed by atoms with Crippen molar-refractivity contribution in [2.24, 2.45) is 0 Å². The van der Waals surface area contributed by atoms with E-state index in [0.717, 1.165) is 27.4 Å². The number of allylic oxidation sites excluding steroid dienone is 1. The Bertz CT molecular complexity index is 1020. The lowest BCUT2D eigenvalue weighted by Gasteiger charge is -2.28. The van der Waals surface area contributed by atoms with Gasteiger partial charge in [-0.25, -0.2) is 4.68 Å². The van der Waals surface area contributed by atoms with Crippen LogP contribution >= 0.6 is 11.3 Å². The third kappa shape index (κ3) is 2.80. The Morgan fingerprint density at radius 2 is 2.12 bits per heavy atom. The van der Waals surface area contributed by atoms with Crippen LogP contribution in [0.2, 0.25) is 0 Å². The van der Waals surface area contributed by atoms with Gasteiger partial charge in [-0.15, -0.1) is 11.3 Å². The summed E-state index contributed by atoms with van der Waals surface area (Å²) in [6, 6.07) is 9.55. The van der Waals surface area contributed by atoms with Gasteiger partial charge < -0.3 is 10.6 Å². The van der Waals surface area contributed by atoms with E-state index >= 15 is 0 Å². The molecule has 1 aliphatic heterocycles. The first kappa shape index (κ1) is 16.5. The molecule has 0 fully saturated rings. The van der Waals surface area contributed by atoms with Crippen molar-refractivity contribution in [3.63, 3.8) is 0 Å². The molecule has 132 valence electrons. The van der Waals surface area contributed by atoms with Crippen molar-refractivity contribution in [2.75, 3.05) is 10.6 Å². The van der Waals surface area contributed by atoms with Crippen LogP contribution < -0.4 is 10.6 Å². The minimum Gasteiger partial charge on any atom is -0.328 e. The maximum absolute atomic E-state index is 13.2. The average Bonchev–Trinajstić information content (AvgIpc) is 3.22. The minimum absolute atomic E-state index is 0.139. The first-order valence-corrected chi connectivity index (χ1v) is 9.22. The van der Waals surface area contributed by atoms with E-state index in [1.807, 2.05) is 43.5 Å². The molecule has 7 heteroatoms. The number of carbonyl (C=O) groups is 1. The summed E-state index contributed by atoms with van der Waals surface area (Å²) in [4.78, 5) is 18.5. The number of nitrogens with zero attached hydrogens (tertiary/aromatic N) is 3. The largest absolute Gasteiger partial charge is 0.328 e. The Balaban J connectivity index is 1.77. The molecule has 2 N–H and O–H groups in total. The number of hydrogen-bond donors (Lipinski definition) is 2. The molecule has 0 spiro atoms. The molecule has 1 aromatic carbocycles. The van der Waals surface area contributed by atoms with Crippen LogP contribution in [0, 0.1) is 13.8 Å². The van der Waals surface area contributed by atoms with E-state index in [0.29, 0.717) is 11.5 Å². The van der Waals surface area contributed by atoms with Crippen LogP contribution in [-0.4, -0.2) is 20.7 Å². The quantitative estimate of drug-likeness (QED) is 0.739. The third-order valence-electron chi connectivity index (χ3n) is 4.47. The Morgan fingerprint density at radius 1 is 1.27 bits per heavy atom. The molecule has 26 heavy (non-hydrogen) atoms. The van der Waals surface area contributed by atoms with Gasteiger partial charge in [0.2, 0.25) is 5.95 Å². The fourth-order valence-corrected chi connectivity index (χ4v) is 4.23. The second-order valence-electron chi connectivity index (χ2n) is 6.39. The van der Waals surface area contributed by atoms with Crippen molar-refractivity contribution >= 4 is 28.9 Å². The highest BCUT2D eigenvalue weighted by atomic mass is 32.1. The maximum atomic E-state index is 13.2. The number of benzene rings is 1. The molecule has 4 rings (SSSR count). The topological polar surface area (TPSA) is 71.8 Å². The van der Waals surface area contributed by atoms with Gasteiger partial charge in [-0.2, -0.15) is 10.1 Å². The van der Waals surface area contributed by atoms with Crippen molar-refractivity contribution in [3.8, 4) is 0 Å². The molecule has 3 heterocycles. The van der Waals surface area contributed by atoms with E-state index < -0.39 is 0 Å². The summed E-state index contributed by atoms with van der Waals surface area (Å²) >= 11 is 1.62. The number of fused-ring (bicyclic) bond motifs is 1. The molecule has 1 unspecified atom stereocenters. The van der Waals surface area contributed by atoms with Gasteiger partial charge in [0.25, 0.3) is 5.91 Å². The highest BCUT2D eigenvalue weighted by Crippen LogP contribution is 2.38. The molecule has 1 amide bonds. The van der Waals surface area contributed by atoms with Crippen molar-refractivity contribution < 1.29 is 4.79 Å². The molecule has 6 nitrogen and oxygen atoms in total. The molecule has 0 saturated heterocycles. The van der Waals surface area contributed by atoms with Crippen molar-refractivity contribution in [1.29, 1.82) is 0 Å². The zero-order chi connectivity index (χ0) is 18.3. The fraction of sp³-hybridized carbons (Fsp3) is 0.211. The predicted octanol–water partition coefficient (Wildman–Crippen LogP) is 3.88. The first-order valence-electron chi connectivity index (χ1n) is 8.34. The van der Waals surface area contributed by atoms with Crippen LogP contribution in [0.3, 0.4) is 0 Å². The summed E-state index contributed by atoms with van der Waals surface area (Å²) in [6.45, 7) is 5.96. The van der Waals surface area contributed by atoms with Gasteiger partial charge in [0.15, 0.2) is 0 Å². The third-order valence-corrected chi connectivity index (χ3v) is 5.54. The fourth-order valence-electron chi connectivity index (χ4n) is 3.21. The summed E-state index contributed by atoms with van der Waals surface area (Å²) < 4.78 is 1.77. The second kappa shape index (κ2) is 6.42. The Labute approximate surface area is 155 Å². The van der Waals surface area contributed by atoms with Gasteiger partial charge in [0.05, 0.1) is 5.57 Å². The van der Waals surface area contributed by atoms with Gasteiger partial charge in [-0.1, -0.05) is 12.1 Å². The number of rotatable bonds is 3. The Kier molecular flexibility index (Phi) is 4.08. The van der Waals surface area contributed by atoms with Crippen LogP contribution in [0.5, 0.6) is 0 Å². The number of carbonyl (C=O) groups excluding carboxylic acids is 1. The van der Waals surface area contributed by atoms with Gasteiger partial charge in [-0.3, -0.25) is 4.79 Å². The van der Waals surface area contributed by atoms with Crippen LogP contribution in [-0.2, 0) is 4.79 Å². The molecule has 3 aromatic rings. The Hall–Kier alpha value is -2.93. The summed E-state index contributed by atoms with van der Waals surface area (Å²) in [7, 11) is 0. The lowest BCUT2D eigenvalue weighted by atomic mass is 9.98. The van der Waals surface area contributed by atoms with E-state index in [1.165, 1.54) is 6.33 Å². The lowest BCUT2D eigenvalue weighted by Crippen LogP contribution is -2.31. The predicted molar refractivity (Wildman–Crippen MR) is 103 cm³/mol. The first-order chi connectivity index (χ1) is 12.5. The molecule has 2 aromatic heterocycles. The molecular formula is C19H19N5OS. The van der Waals surface area contributed by atoms with Crippen LogP contribution in [0.1, 0.15) is 29.0 Å². The molecular weight excluding hydrogens is 346 g/mol. The van der Waals surface area contributed by atoms with Gasteiger partial charge in [0, 0.05) is 16.3 Å². The van der Waals surface area contributed by atoms with Crippen LogP contribution in [0.15, 0.2) is 53.3 Å². The highest BCUT2D eigenvalue weighted by Gasteiger charge is 2.34. The lowest BCUT2D eigenvalue weighted by molar-refractivity contribution is -0.113. The van der Waals surface area contributed by atoms with E-state index in [-0.39, 0.29) is 11.9 Å². The summed E-state index contributed by atoms with van der Waals surface area (Å²) in [5, 5.41) is 12.6. The molecule has 0 saturated carbocycles.